The number of hydrogen-bond acceptors (Lipinski definition) is 5. The predicted octanol–water partition coefficient (Wildman–Crippen LogP) is 4.11. The number of anilines is 1. The maximum atomic E-state index is 12.5. The number of carbonyl (C=O) groups is 2. The number of nitrogens with one attached hydrogen (secondary N) is 1. The molecule has 2 amide bonds. The lowest BCUT2D eigenvalue weighted by atomic mass is 10.2. The summed E-state index contributed by atoms with van der Waals surface area (Å²) in [6.07, 6.45) is 1.71. The molecule has 0 aromatic heterocycles. The van der Waals surface area contributed by atoms with E-state index >= 15 is 0 Å². The fraction of sp³-hybridized carbons (Fsp3) is 0.158. The molecular formula is C19H18N2O3S. The van der Waals surface area contributed by atoms with E-state index in [4.69, 9.17) is 4.74 Å². The van der Waals surface area contributed by atoms with Gasteiger partial charge in [-0.15, -0.1) is 0 Å². The lowest BCUT2D eigenvalue weighted by Gasteiger charge is -2.15. The van der Waals surface area contributed by atoms with Crippen molar-refractivity contribution in [3.8, 4) is 5.75 Å². The van der Waals surface area contributed by atoms with Crippen molar-refractivity contribution in [2.24, 2.45) is 0 Å². The van der Waals surface area contributed by atoms with Crippen LogP contribution in [-0.2, 0) is 4.79 Å². The number of rotatable bonds is 5. The highest BCUT2D eigenvalue weighted by Gasteiger charge is 2.34. The fourth-order valence-electron chi connectivity index (χ4n) is 2.45. The van der Waals surface area contributed by atoms with E-state index in [0.29, 0.717) is 10.7 Å². The van der Waals surface area contributed by atoms with E-state index in [1.54, 1.807) is 13.2 Å². The minimum absolute atomic E-state index is 0.144. The van der Waals surface area contributed by atoms with Crippen LogP contribution in [0.4, 0.5) is 10.5 Å². The Morgan fingerprint density at radius 3 is 2.72 bits per heavy atom. The van der Waals surface area contributed by atoms with E-state index in [1.807, 2.05) is 55.5 Å². The van der Waals surface area contributed by atoms with Crippen LogP contribution in [0, 0.1) is 6.92 Å². The predicted molar refractivity (Wildman–Crippen MR) is 100 cm³/mol. The largest absolute Gasteiger partial charge is 0.497 e. The molecule has 6 heteroatoms. The standard InChI is InChI=1S/C19H18N2O3S/c1-13-6-3-4-9-16(13)20-12-21-18(22)17(25-19(21)23)11-14-7-5-8-15(10-14)24-2/h3-11,20H,12H2,1-2H3/b17-11-. The van der Waals surface area contributed by atoms with Gasteiger partial charge < -0.3 is 10.1 Å². The Morgan fingerprint density at radius 1 is 1.16 bits per heavy atom. The van der Waals surface area contributed by atoms with Gasteiger partial charge in [0, 0.05) is 5.69 Å². The van der Waals surface area contributed by atoms with Crippen molar-refractivity contribution in [3.05, 3.63) is 64.6 Å². The molecule has 0 aliphatic carbocycles. The normalized spacial score (nSPS) is 15.8. The molecule has 0 bridgehead atoms. The maximum absolute atomic E-state index is 12.5. The first-order valence-electron chi connectivity index (χ1n) is 7.77. The van der Waals surface area contributed by atoms with E-state index in [1.165, 1.54) is 4.90 Å². The summed E-state index contributed by atoms with van der Waals surface area (Å²) in [7, 11) is 1.59. The number of ether oxygens (including phenoxy) is 1. The van der Waals surface area contributed by atoms with Crippen LogP contribution in [0.25, 0.3) is 6.08 Å². The number of nitrogens with zero attached hydrogens (tertiary/aromatic N) is 1. The number of imide groups is 1. The van der Waals surface area contributed by atoms with Crippen molar-refractivity contribution in [2.75, 3.05) is 19.1 Å². The van der Waals surface area contributed by atoms with Gasteiger partial charge in [0.1, 0.15) is 5.75 Å². The number of amides is 2. The number of para-hydroxylation sites is 1. The van der Waals surface area contributed by atoms with Crippen molar-refractivity contribution in [1.29, 1.82) is 0 Å². The average molecular weight is 354 g/mol. The van der Waals surface area contributed by atoms with E-state index in [9.17, 15) is 9.59 Å². The van der Waals surface area contributed by atoms with Gasteiger partial charge in [0.05, 0.1) is 18.7 Å². The molecule has 5 nitrogen and oxygen atoms in total. The summed E-state index contributed by atoms with van der Waals surface area (Å²) in [5, 5.41) is 2.86. The first kappa shape index (κ1) is 17.1. The molecule has 128 valence electrons. The zero-order valence-corrected chi connectivity index (χ0v) is 14.8. The van der Waals surface area contributed by atoms with E-state index < -0.39 is 0 Å². The molecule has 1 heterocycles. The van der Waals surface area contributed by atoms with Gasteiger partial charge in [-0.3, -0.25) is 14.5 Å². The summed E-state index contributed by atoms with van der Waals surface area (Å²) in [5.41, 5.74) is 2.77. The summed E-state index contributed by atoms with van der Waals surface area (Å²) in [6, 6.07) is 15.1. The van der Waals surface area contributed by atoms with Crippen LogP contribution in [0.2, 0.25) is 0 Å². The molecular weight excluding hydrogens is 336 g/mol. The Labute approximate surface area is 150 Å². The number of benzene rings is 2. The summed E-state index contributed by atoms with van der Waals surface area (Å²) in [4.78, 5) is 26.3. The number of methoxy groups -OCH3 is 1. The third kappa shape index (κ3) is 3.85. The van der Waals surface area contributed by atoms with E-state index in [0.717, 1.165) is 28.6 Å². The summed E-state index contributed by atoms with van der Waals surface area (Å²) < 4.78 is 5.18. The molecule has 2 aromatic carbocycles. The Bertz CT molecular complexity index is 848. The molecule has 0 spiro atoms. The smallest absolute Gasteiger partial charge is 0.295 e. The van der Waals surface area contributed by atoms with Gasteiger partial charge in [-0.05, 0) is 54.1 Å². The van der Waals surface area contributed by atoms with Gasteiger partial charge in [-0.1, -0.05) is 30.3 Å². The number of hydrogen-bond donors (Lipinski definition) is 1. The highest BCUT2D eigenvalue weighted by atomic mass is 32.2. The minimum atomic E-state index is -0.293. The summed E-state index contributed by atoms with van der Waals surface area (Å²) in [6.45, 7) is 2.11. The highest BCUT2D eigenvalue weighted by molar-refractivity contribution is 8.18. The SMILES string of the molecule is COc1cccc(/C=C2\SC(=O)N(CNc3ccccc3C)C2=O)c1. The van der Waals surface area contributed by atoms with Gasteiger partial charge in [-0.2, -0.15) is 0 Å². The molecule has 2 aromatic rings. The molecule has 1 fully saturated rings. The molecule has 1 aliphatic rings. The Balaban J connectivity index is 1.73. The molecule has 3 rings (SSSR count). The summed E-state index contributed by atoms with van der Waals surface area (Å²) in [5.74, 6) is 0.410. The van der Waals surface area contributed by atoms with Gasteiger partial charge in [-0.25, -0.2) is 0 Å². The number of carbonyl (C=O) groups excluding carboxylic acids is 2. The van der Waals surface area contributed by atoms with Crippen molar-refractivity contribution in [1.82, 2.24) is 4.90 Å². The third-order valence-electron chi connectivity index (χ3n) is 3.84. The molecule has 1 N–H and O–H groups in total. The first-order valence-corrected chi connectivity index (χ1v) is 8.59. The van der Waals surface area contributed by atoms with Crippen LogP contribution < -0.4 is 10.1 Å². The lowest BCUT2D eigenvalue weighted by molar-refractivity contribution is -0.122. The second-order valence-electron chi connectivity index (χ2n) is 5.54. The fourth-order valence-corrected chi connectivity index (χ4v) is 3.29. The Hall–Kier alpha value is -2.73. The van der Waals surface area contributed by atoms with E-state index in [-0.39, 0.29) is 17.8 Å². The second kappa shape index (κ2) is 7.44. The monoisotopic (exact) mass is 354 g/mol. The highest BCUT2D eigenvalue weighted by Crippen LogP contribution is 2.32. The minimum Gasteiger partial charge on any atom is -0.497 e. The van der Waals surface area contributed by atoms with Crippen LogP contribution >= 0.6 is 11.8 Å². The van der Waals surface area contributed by atoms with Crippen LogP contribution in [0.3, 0.4) is 0 Å². The maximum Gasteiger partial charge on any atom is 0.295 e. The van der Waals surface area contributed by atoms with Gasteiger partial charge in [0.15, 0.2) is 0 Å². The number of aryl methyl sites for hydroxylation is 1. The van der Waals surface area contributed by atoms with Gasteiger partial charge in [0.25, 0.3) is 11.1 Å². The second-order valence-corrected chi connectivity index (χ2v) is 6.53. The van der Waals surface area contributed by atoms with Crippen LogP contribution in [0.1, 0.15) is 11.1 Å². The molecule has 25 heavy (non-hydrogen) atoms. The van der Waals surface area contributed by atoms with Crippen LogP contribution in [0.15, 0.2) is 53.4 Å². The quantitative estimate of drug-likeness (QED) is 0.819. The van der Waals surface area contributed by atoms with Crippen molar-refractivity contribution >= 4 is 34.7 Å². The van der Waals surface area contributed by atoms with E-state index in [2.05, 4.69) is 5.32 Å². The van der Waals surface area contributed by atoms with Crippen LogP contribution in [-0.4, -0.2) is 29.8 Å². The molecule has 0 saturated carbocycles. The van der Waals surface area contributed by atoms with Crippen molar-refractivity contribution in [3.63, 3.8) is 0 Å². The number of thioether (sulfide) groups is 1. The summed E-state index contributed by atoms with van der Waals surface area (Å²) >= 11 is 0.947. The zero-order chi connectivity index (χ0) is 17.8. The molecule has 0 unspecified atom stereocenters. The third-order valence-corrected chi connectivity index (χ3v) is 4.75. The van der Waals surface area contributed by atoms with Crippen molar-refractivity contribution in [2.45, 2.75) is 6.92 Å². The molecule has 1 saturated heterocycles. The zero-order valence-electron chi connectivity index (χ0n) is 14.0. The van der Waals surface area contributed by atoms with Gasteiger partial charge >= 0.3 is 0 Å². The topological polar surface area (TPSA) is 58.6 Å². The molecule has 0 atom stereocenters. The molecule has 1 aliphatic heterocycles. The average Bonchev–Trinajstić information content (AvgIpc) is 2.88. The lowest BCUT2D eigenvalue weighted by Crippen LogP contribution is -2.33. The molecule has 0 radical (unpaired) electrons. The Morgan fingerprint density at radius 2 is 1.96 bits per heavy atom. The first-order chi connectivity index (χ1) is 12.1. The Kier molecular flexibility index (Phi) is 5.09. The van der Waals surface area contributed by atoms with Gasteiger partial charge in [0.2, 0.25) is 0 Å². The van der Waals surface area contributed by atoms with Crippen LogP contribution in [0.5, 0.6) is 5.75 Å². The van der Waals surface area contributed by atoms with Crippen molar-refractivity contribution < 1.29 is 14.3 Å².